The molecule has 1 N–H and O–H groups in total. The molecule has 2 rings (SSSR count). The SMILES string of the molecule is Cn1cnc(OCC(C)(C)CNC2CC2)n1. The third-order valence-corrected chi connectivity index (χ3v) is 2.62. The number of hydrogen-bond donors (Lipinski definition) is 1. The summed E-state index contributed by atoms with van der Waals surface area (Å²) in [5, 5.41) is 7.60. The molecule has 0 spiro atoms. The lowest BCUT2D eigenvalue weighted by Gasteiger charge is -2.24. The highest BCUT2D eigenvalue weighted by Gasteiger charge is 2.26. The van der Waals surface area contributed by atoms with Crippen LogP contribution in [-0.2, 0) is 7.05 Å². The summed E-state index contributed by atoms with van der Waals surface area (Å²) in [6.07, 6.45) is 4.28. The summed E-state index contributed by atoms with van der Waals surface area (Å²) in [4.78, 5) is 4.04. The molecular formula is C11H20N4O. The Morgan fingerprint density at radius 1 is 1.56 bits per heavy atom. The summed E-state index contributed by atoms with van der Waals surface area (Å²) in [6.45, 7) is 5.98. The van der Waals surface area contributed by atoms with Crippen LogP contribution in [0.25, 0.3) is 0 Å². The molecule has 90 valence electrons. The predicted octanol–water partition coefficient (Wildman–Crippen LogP) is 0.972. The van der Waals surface area contributed by atoms with Gasteiger partial charge in [-0.2, -0.15) is 4.98 Å². The fraction of sp³-hybridized carbons (Fsp3) is 0.818. The largest absolute Gasteiger partial charge is 0.462 e. The first-order valence-corrected chi connectivity index (χ1v) is 5.77. The first kappa shape index (κ1) is 11.4. The van der Waals surface area contributed by atoms with Gasteiger partial charge in [-0.15, -0.1) is 5.10 Å². The van der Waals surface area contributed by atoms with Crippen molar-refractivity contribution in [1.82, 2.24) is 20.1 Å². The van der Waals surface area contributed by atoms with Crippen LogP contribution in [-0.4, -0.2) is 34.0 Å². The van der Waals surface area contributed by atoms with Crippen molar-refractivity contribution in [2.24, 2.45) is 12.5 Å². The first-order valence-electron chi connectivity index (χ1n) is 5.77. The number of nitrogens with zero attached hydrogens (tertiary/aromatic N) is 3. The van der Waals surface area contributed by atoms with Gasteiger partial charge in [0.25, 0.3) is 0 Å². The highest BCUT2D eigenvalue weighted by Crippen LogP contribution is 2.22. The van der Waals surface area contributed by atoms with E-state index < -0.39 is 0 Å². The Morgan fingerprint density at radius 3 is 2.88 bits per heavy atom. The van der Waals surface area contributed by atoms with Gasteiger partial charge >= 0.3 is 6.01 Å². The van der Waals surface area contributed by atoms with Crippen LogP contribution in [0.2, 0.25) is 0 Å². The van der Waals surface area contributed by atoms with Crippen LogP contribution in [0.5, 0.6) is 6.01 Å². The Bertz CT molecular complexity index is 344. The summed E-state index contributed by atoms with van der Waals surface area (Å²) in [5.41, 5.74) is 0.113. The highest BCUT2D eigenvalue weighted by atomic mass is 16.5. The van der Waals surface area contributed by atoms with Crippen LogP contribution < -0.4 is 10.1 Å². The molecule has 0 aliphatic heterocycles. The molecule has 1 fully saturated rings. The lowest BCUT2D eigenvalue weighted by atomic mass is 9.95. The third kappa shape index (κ3) is 3.48. The Kier molecular flexibility index (Phi) is 3.14. The molecule has 1 saturated carbocycles. The summed E-state index contributed by atoms with van der Waals surface area (Å²) in [7, 11) is 1.83. The monoisotopic (exact) mass is 224 g/mol. The minimum absolute atomic E-state index is 0.113. The zero-order valence-corrected chi connectivity index (χ0v) is 10.2. The van der Waals surface area contributed by atoms with Gasteiger partial charge in [-0.3, -0.25) is 4.68 Å². The van der Waals surface area contributed by atoms with Gasteiger partial charge in [-0.05, 0) is 12.8 Å². The number of ether oxygens (including phenoxy) is 1. The van der Waals surface area contributed by atoms with Crippen LogP contribution >= 0.6 is 0 Å². The van der Waals surface area contributed by atoms with E-state index in [-0.39, 0.29) is 5.41 Å². The maximum absolute atomic E-state index is 5.56. The van der Waals surface area contributed by atoms with E-state index in [9.17, 15) is 0 Å². The molecule has 0 aromatic carbocycles. The van der Waals surface area contributed by atoms with Crippen molar-refractivity contribution in [3.8, 4) is 6.01 Å². The number of nitrogens with one attached hydrogen (secondary N) is 1. The van der Waals surface area contributed by atoms with Gasteiger partial charge in [-0.1, -0.05) is 13.8 Å². The minimum Gasteiger partial charge on any atom is -0.462 e. The van der Waals surface area contributed by atoms with Crippen LogP contribution in [0.1, 0.15) is 26.7 Å². The van der Waals surface area contributed by atoms with E-state index >= 15 is 0 Å². The lowest BCUT2D eigenvalue weighted by Crippen LogP contribution is -2.35. The summed E-state index contributed by atoms with van der Waals surface area (Å²) < 4.78 is 7.20. The van der Waals surface area contributed by atoms with Gasteiger partial charge in [0, 0.05) is 25.0 Å². The van der Waals surface area contributed by atoms with E-state index in [0.29, 0.717) is 12.6 Å². The van der Waals surface area contributed by atoms with E-state index in [2.05, 4.69) is 29.2 Å². The topological polar surface area (TPSA) is 52.0 Å². The van der Waals surface area contributed by atoms with Gasteiger partial charge in [0.05, 0.1) is 6.61 Å². The van der Waals surface area contributed by atoms with Crippen LogP contribution in [0.3, 0.4) is 0 Å². The average molecular weight is 224 g/mol. The quantitative estimate of drug-likeness (QED) is 0.782. The normalized spacial score (nSPS) is 16.4. The predicted molar refractivity (Wildman–Crippen MR) is 61.3 cm³/mol. The summed E-state index contributed by atoms with van der Waals surface area (Å²) >= 11 is 0. The molecule has 0 bridgehead atoms. The fourth-order valence-electron chi connectivity index (χ4n) is 1.40. The molecule has 5 heteroatoms. The molecule has 0 amide bonds. The van der Waals surface area contributed by atoms with Gasteiger partial charge in [0.2, 0.25) is 0 Å². The minimum atomic E-state index is 0.113. The second-order valence-electron chi connectivity index (χ2n) is 5.31. The zero-order valence-electron chi connectivity index (χ0n) is 10.2. The van der Waals surface area contributed by atoms with Crippen molar-refractivity contribution in [3.05, 3.63) is 6.33 Å². The van der Waals surface area contributed by atoms with Gasteiger partial charge in [0.15, 0.2) is 0 Å². The standard InChI is InChI=1S/C11H20N4O/c1-11(2,6-12-9-4-5-9)7-16-10-13-8-15(3)14-10/h8-9,12H,4-7H2,1-3H3. The molecule has 0 radical (unpaired) electrons. The van der Waals surface area contributed by atoms with Crippen molar-refractivity contribution in [3.63, 3.8) is 0 Å². The highest BCUT2D eigenvalue weighted by molar-refractivity contribution is 4.89. The second-order valence-corrected chi connectivity index (χ2v) is 5.31. The van der Waals surface area contributed by atoms with Crippen LogP contribution in [0.4, 0.5) is 0 Å². The number of aryl methyl sites for hydroxylation is 1. The number of hydrogen-bond acceptors (Lipinski definition) is 4. The van der Waals surface area contributed by atoms with Crippen molar-refractivity contribution < 1.29 is 4.74 Å². The molecule has 0 saturated heterocycles. The second kappa shape index (κ2) is 4.41. The molecule has 5 nitrogen and oxygen atoms in total. The lowest BCUT2D eigenvalue weighted by molar-refractivity contribution is 0.164. The van der Waals surface area contributed by atoms with E-state index in [4.69, 9.17) is 4.74 Å². The average Bonchev–Trinajstić information content (AvgIpc) is 2.96. The molecule has 0 atom stereocenters. The Morgan fingerprint density at radius 2 is 2.31 bits per heavy atom. The Balaban J connectivity index is 1.74. The Hall–Kier alpha value is -1.10. The number of aromatic nitrogens is 3. The van der Waals surface area contributed by atoms with Crippen LogP contribution in [0.15, 0.2) is 6.33 Å². The Labute approximate surface area is 96.2 Å². The molecule has 1 heterocycles. The molecule has 1 aliphatic rings. The van der Waals surface area contributed by atoms with Gasteiger partial charge in [0.1, 0.15) is 6.33 Å². The molecule has 16 heavy (non-hydrogen) atoms. The van der Waals surface area contributed by atoms with E-state index in [0.717, 1.165) is 12.6 Å². The van der Waals surface area contributed by atoms with Crippen molar-refractivity contribution >= 4 is 0 Å². The summed E-state index contributed by atoms with van der Waals surface area (Å²) in [6, 6.07) is 1.20. The fourth-order valence-corrected chi connectivity index (χ4v) is 1.40. The van der Waals surface area contributed by atoms with Crippen molar-refractivity contribution in [2.45, 2.75) is 32.7 Å². The third-order valence-electron chi connectivity index (χ3n) is 2.62. The first-order chi connectivity index (χ1) is 7.55. The maximum Gasteiger partial charge on any atom is 0.335 e. The molecular weight excluding hydrogens is 204 g/mol. The van der Waals surface area contributed by atoms with Crippen molar-refractivity contribution in [2.75, 3.05) is 13.2 Å². The number of rotatable bonds is 6. The molecule has 1 aromatic rings. The smallest absolute Gasteiger partial charge is 0.335 e. The van der Waals surface area contributed by atoms with E-state index in [1.54, 1.807) is 11.0 Å². The maximum atomic E-state index is 5.56. The molecule has 1 aromatic heterocycles. The van der Waals surface area contributed by atoms with Crippen LogP contribution in [0, 0.1) is 5.41 Å². The molecule has 1 aliphatic carbocycles. The zero-order chi connectivity index (χ0) is 11.6. The van der Waals surface area contributed by atoms with E-state index in [1.165, 1.54) is 12.8 Å². The van der Waals surface area contributed by atoms with Gasteiger partial charge in [-0.25, -0.2) is 0 Å². The molecule has 0 unspecified atom stereocenters. The van der Waals surface area contributed by atoms with Crippen molar-refractivity contribution in [1.29, 1.82) is 0 Å². The summed E-state index contributed by atoms with van der Waals surface area (Å²) in [5.74, 6) is 0. The van der Waals surface area contributed by atoms with Gasteiger partial charge < -0.3 is 10.1 Å². The van der Waals surface area contributed by atoms with E-state index in [1.807, 2.05) is 7.05 Å².